The van der Waals surface area contributed by atoms with Gasteiger partial charge in [0.15, 0.2) is 0 Å². The van der Waals surface area contributed by atoms with Gasteiger partial charge in [-0.1, -0.05) is 6.92 Å². The number of nitrogens with two attached hydrogens (primary N) is 1. The molecule has 0 radical (unpaired) electrons. The molecule has 0 unspecified atom stereocenters. The summed E-state index contributed by atoms with van der Waals surface area (Å²) in [6.45, 7) is 3.00. The predicted octanol–water partition coefficient (Wildman–Crippen LogP) is 0.315. The van der Waals surface area contributed by atoms with Crippen LogP contribution in [0.4, 0.5) is 5.69 Å². The zero-order chi connectivity index (χ0) is 9.84. The number of rotatable bonds is 4. The van der Waals surface area contributed by atoms with Gasteiger partial charge in [-0.25, -0.2) is 0 Å². The zero-order valence-electron chi connectivity index (χ0n) is 7.96. The summed E-state index contributed by atoms with van der Waals surface area (Å²) >= 11 is 0. The molecular formula is C8H15N3O2. The van der Waals surface area contributed by atoms with Crippen molar-refractivity contribution in [2.45, 2.75) is 26.5 Å². The second-order valence-corrected chi connectivity index (χ2v) is 2.89. The molecule has 74 valence electrons. The maximum absolute atomic E-state index is 11.4. The lowest BCUT2D eigenvalue weighted by Crippen LogP contribution is -2.18. The fraction of sp³-hybridized carbons (Fsp3) is 0.625. The second-order valence-electron chi connectivity index (χ2n) is 2.89. The van der Waals surface area contributed by atoms with Gasteiger partial charge in [0.2, 0.25) is 0 Å². The summed E-state index contributed by atoms with van der Waals surface area (Å²) in [6.07, 6.45) is 0.895. The van der Waals surface area contributed by atoms with E-state index in [1.165, 1.54) is 4.68 Å². The molecule has 0 aliphatic rings. The number of nitrogens with one attached hydrogen (secondary N) is 1. The van der Waals surface area contributed by atoms with Crippen molar-refractivity contribution in [2.24, 2.45) is 0 Å². The highest BCUT2D eigenvalue weighted by molar-refractivity contribution is 5.40. The van der Waals surface area contributed by atoms with Crippen LogP contribution in [0.25, 0.3) is 0 Å². The molecule has 0 saturated heterocycles. The first-order chi connectivity index (χ1) is 6.20. The van der Waals surface area contributed by atoms with Crippen molar-refractivity contribution < 1.29 is 4.74 Å². The lowest BCUT2D eigenvalue weighted by atomic mass is 10.4. The Kier molecular flexibility index (Phi) is 3.13. The molecule has 1 aromatic heterocycles. The number of nitrogens with zero attached hydrogens (tertiary/aromatic N) is 1. The van der Waals surface area contributed by atoms with Gasteiger partial charge in [-0.3, -0.25) is 14.6 Å². The minimum atomic E-state index is -0.158. The van der Waals surface area contributed by atoms with Crippen molar-refractivity contribution in [3.63, 3.8) is 0 Å². The van der Waals surface area contributed by atoms with E-state index in [9.17, 15) is 4.79 Å². The van der Waals surface area contributed by atoms with E-state index < -0.39 is 0 Å². The molecular weight excluding hydrogens is 170 g/mol. The number of methoxy groups -OCH3 is 1. The van der Waals surface area contributed by atoms with E-state index in [0.717, 1.165) is 6.42 Å². The average molecular weight is 185 g/mol. The Morgan fingerprint density at radius 3 is 2.85 bits per heavy atom. The number of H-pyrrole nitrogens is 1. The molecule has 0 aliphatic heterocycles. The third-order valence-corrected chi connectivity index (χ3v) is 1.81. The topological polar surface area (TPSA) is 73.0 Å². The molecule has 0 aliphatic carbocycles. The van der Waals surface area contributed by atoms with Gasteiger partial charge in [0.05, 0.1) is 12.3 Å². The number of nitrogen functional groups attached to an aromatic ring is 1. The number of hydrogen-bond acceptors (Lipinski definition) is 3. The highest BCUT2D eigenvalue weighted by Crippen LogP contribution is 2.03. The standard InChI is InChI=1S/C8H15N3O2/c1-3-4-11-8(12)7(9)6(10-11)5-13-2/h10H,3-5,9H2,1-2H3. The molecule has 1 rings (SSSR count). The van der Waals surface area contributed by atoms with E-state index in [1.807, 2.05) is 6.92 Å². The summed E-state index contributed by atoms with van der Waals surface area (Å²) in [5.41, 5.74) is 6.33. The van der Waals surface area contributed by atoms with Gasteiger partial charge in [-0.05, 0) is 6.42 Å². The Hall–Kier alpha value is -1.23. The van der Waals surface area contributed by atoms with E-state index in [-0.39, 0.29) is 11.2 Å². The van der Waals surface area contributed by atoms with Gasteiger partial charge < -0.3 is 10.5 Å². The normalized spacial score (nSPS) is 10.6. The van der Waals surface area contributed by atoms with Gasteiger partial charge in [-0.15, -0.1) is 0 Å². The number of anilines is 1. The van der Waals surface area contributed by atoms with Crippen molar-refractivity contribution in [2.75, 3.05) is 12.8 Å². The van der Waals surface area contributed by atoms with Crippen LogP contribution in [0.3, 0.4) is 0 Å². The smallest absolute Gasteiger partial charge is 0.290 e. The molecule has 1 heterocycles. The van der Waals surface area contributed by atoms with Crippen LogP contribution >= 0.6 is 0 Å². The molecule has 0 spiro atoms. The number of aromatic nitrogens is 2. The molecule has 0 atom stereocenters. The molecule has 1 aromatic rings. The van der Waals surface area contributed by atoms with E-state index in [0.29, 0.717) is 18.8 Å². The summed E-state index contributed by atoms with van der Waals surface area (Å²) < 4.78 is 6.40. The van der Waals surface area contributed by atoms with Crippen LogP contribution in [0.5, 0.6) is 0 Å². The lowest BCUT2D eigenvalue weighted by Gasteiger charge is -1.97. The van der Waals surface area contributed by atoms with Crippen molar-refractivity contribution in [1.82, 2.24) is 9.78 Å². The summed E-state index contributed by atoms with van der Waals surface area (Å²) in [5.74, 6) is 0. The first-order valence-electron chi connectivity index (χ1n) is 4.26. The summed E-state index contributed by atoms with van der Waals surface area (Å²) in [5, 5.41) is 2.91. The Morgan fingerprint density at radius 2 is 2.31 bits per heavy atom. The molecule has 0 amide bonds. The van der Waals surface area contributed by atoms with Crippen LogP contribution in [-0.2, 0) is 17.9 Å². The van der Waals surface area contributed by atoms with Gasteiger partial charge in [0.1, 0.15) is 5.69 Å². The second kappa shape index (κ2) is 4.13. The summed E-state index contributed by atoms with van der Waals surface area (Å²) in [6, 6.07) is 0. The van der Waals surface area contributed by atoms with Crippen LogP contribution in [-0.4, -0.2) is 16.9 Å². The fourth-order valence-electron chi connectivity index (χ4n) is 1.18. The minimum Gasteiger partial charge on any atom is -0.393 e. The number of aryl methyl sites for hydroxylation is 1. The molecule has 0 saturated carbocycles. The van der Waals surface area contributed by atoms with E-state index >= 15 is 0 Å². The molecule has 5 nitrogen and oxygen atoms in total. The van der Waals surface area contributed by atoms with E-state index in [4.69, 9.17) is 10.5 Å². The molecule has 3 N–H and O–H groups in total. The van der Waals surface area contributed by atoms with E-state index in [1.54, 1.807) is 7.11 Å². The molecule has 13 heavy (non-hydrogen) atoms. The maximum atomic E-state index is 11.4. The van der Waals surface area contributed by atoms with Crippen molar-refractivity contribution in [3.8, 4) is 0 Å². The van der Waals surface area contributed by atoms with Crippen LogP contribution in [0.15, 0.2) is 4.79 Å². The van der Waals surface area contributed by atoms with Crippen molar-refractivity contribution >= 4 is 5.69 Å². The predicted molar refractivity (Wildman–Crippen MR) is 50.5 cm³/mol. The van der Waals surface area contributed by atoms with Crippen LogP contribution < -0.4 is 11.3 Å². The number of aromatic amines is 1. The van der Waals surface area contributed by atoms with Crippen LogP contribution in [0.1, 0.15) is 19.0 Å². The largest absolute Gasteiger partial charge is 0.393 e. The highest BCUT2D eigenvalue weighted by Gasteiger charge is 2.09. The molecule has 0 bridgehead atoms. The Labute approximate surface area is 76.5 Å². The number of ether oxygens (including phenoxy) is 1. The van der Waals surface area contributed by atoms with E-state index in [2.05, 4.69) is 5.10 Å². The first kappa shape index (κ1) is 9.85. The molecule has 0 aromatic carbocycles. The fourth-order valence-corrected chi connectivity index (χ4v) is 1.18. The van der Waals surface area contributed by atoms with Gasteiger partial charge in [-0.2, -0.15) is 0 Å². The minimum absolute atomic E-state index is 0.158. The van der Waals surface area contributed by atoms with Crippen LogP contribution in [0.2, 0.25) is 0 Å². The van der Waals surface area contributed by atoms with Crippen LogP contribution in [0, 0.1) is 0 Å². The lowest BCUT2D eigenvalue weighted by molar-refractivity contribution is 0.181. The first-order valence-corrected chi connectivity index (χ1v) is 4.26. The molecule has 0 fully saturated rings. The van der Waals surface area contributed by atoms with Crippen molar-refractivity contribution in [3.05, 3.63) is 16.0 Å². The SMILES string of the molecule is CCCn1[nH]c(COC)c(N)c1=O. The van der Waals surface area contributed by atoms with Gasteiger partial charge in [0, 0.05) is 13.7 Å². The average Bonchev–Trinajstić information content (AvgIpc) is 2.36. The third-order valence-electron chi connectivity index (χ3n) is 1.81. The quantitative estimate of drug-likeness (QED) is 0.709. The maximum Gasteiger partial charge on any atom is 0.290 e. The molecule has 5 heteroatoms. The Morgan fingerprint density at radius 1 is 1.62 bits per heavy atom. The Balaban J connectivity index is 2.98. The van der Waals surface area contributed by atoms with Gasteiger partial charge in [0.25, 0.3) is 5.56 Å². The monoisotopic (exact) mass is 185 g/mol. The zero-order valence-corrected chi connectivity index (χ0v) is 7.96. The summed E-state index contributed by atoms with van der Waals surface area (Å²) in [7, 11) is 1.56. The van der Waals surface area contributed by atoms with Crippen molar-refractivity contribution in [1.29, 1.82) is 0 Å². The number of hydrogen-bond donors (Lipinski definition) is 2. The summed E-state index contributed by atoms with van der Waals surface area (Å²) in [4.78, 5) is 11.4. The highest BCUT2D eigenvalue weighted by atomic mass is 16.5. The third kappa shape index (κ3) is 1.92. The Bertz CT molecular complexity index is 327. The van der Waals surface area contributed by atoms with Gasteiger partial charge >= 0.3 is 0 Å².